The van der Waals surface area contributed by atoms with E-state index in [0.29, 0.717) is 5.92 Å². The number of hydrogen-bond donors (Lipinski definition) is 1. The highest BCUT2D eigenvalue weighted by atomic mass is 16.5. The zero-order valence-electron chi connectivity index (χ0n) is 13.6. The van der Waals surface area contributed by atoms with E-state index in [1.54, 1.807) is 0 Å². The quantitative estimate of drug-likeness (QED) is 0.721. The van der Waals surface area contributed by atoms with E-state index in [4.69, 9.17) is 9.47 Å². The van der Waals surface area contributed by atoms with E-state index in [0.717, 1.165) is 42.5 Å². The van der Waals surface area contributed by atoms with Crippen LogP contribution >= 0.6 is 0 Å². The molecule has 3 heteroatoms. The van der Waals surface area contributed by atoms with Crippen molar-refractivity contribution in [3.8, 4) is 11.5 Å². The number of rotatable bonds is 8. The molecule has 0 fully saturated rings. The molecule has 0 aliphatic rings. The van der Waals surface area contributed by atoms with Gasteiger partial charge in [0.25, 0.3) is 0 Å². The fourth-order valence-electron chi connectivity index (χ4n) is 1.92. The maximum atomic E-state index is 5.68. The Hall–Kier alpha value is -2.16. The second-order valence-corrected chi connectivity index (χ2v) is 5.73. The first-order valence-corrected chi connectivity index (χ1v) is 7.90. The van der Waals surface area contributed by atoms with Crippen molar-refractivity contribution in [2.24, 2.45) is 5.92 Å². The minimum absolute atomic E-state index is 0.534. The predicted octanol–water partition coefficient (Wildman–Crippen LogP) is 5.25. The predicted molar refractivity (Wildman–Crippen MR) is 92.3 cm³/mol. The van der Waals surface area contributed by atoms with Crippen LogP contribution in [0.5, 0.6) is 11.5 Å². The first-order chi connectivity index (χ1) is 10.7. The van der Waals surface area contributed by atoms with Crippen molar-refractivity contribution in [2.45, 2.75) is 27.2 Å². The lowest BCUT2D eigenvalue weighted by molar-refractivity contribution is 0.271. The lowest BCUT2D eigenvalue weighted by Crippen LogP contribution is -2.04. The van der Waals surface area contributed by atoms with E-state index >= 15 is 0 Å². The monoisotopic (exact) mass is 299 g/mol. The van der Waals surface area contributed by atoms with Crippen LogP contribution in [0.1, 0.15) is 27.2 Å². The molecule has 3 nitrogen and oxygen atoms in total. The van der Waals surface area contributed by atoms with Gasteiger partial charge in [-0.15, -0.1) is 0 Å². The molecule has 0 atom stereocenters. The zero-order valence-corrected chi connectivity index (χ0v) is 13.6. The number of hydrogen-bond acceptors (Lipinski definition) is 3. The second kappa shape index (κ2) is 8.32. The zero-order chi connectivity index (χ0) is 15.8. The van der Waals surface area contributed by atoms with Crippen LogP contribution in [-0.2, 0) is 0 Å². The minimum Gasteiger partial charge on any atom is -0.494 e. The van der Waals surface area contributed by atoms with Gasteiger partial charge in [-0.25, -0.2) is 0 Å². The molecule has 0 aliphatic carbocycles. The fourth-order valence-corrected chi connectivity index (χ4v) is 1.92. The number of ether oxygens (including phenoxy) is 2. The Labute approximate surface area is 133 Å². The highest BCUT2D eigenvalue weighted by Crippen LogP contribution is 2.22. The van der Waals surface area contributed by atoms with Crippen molar-refractivity contribution < 1.29 is 9.47 Å². The minimum atomic E-state index is 0.534. The van der Waals surface area contributed by atoms with Gasteiger partial charge < -0.3 is 14.8 Å². The summed E-state index contributed by atoms with van der Waals surface area (Å²) in [6.07, 6.45) is 1.02. The SMILES string of the molecule is CCCOc1ccc(Nc2ccc(OCC(C)C)cc2)cc1. The third kappa shape index (κ3) is 5.32. The summed E-state index contributed by atoms with van der Waals surface area (Å²) in [4.78, 5) is 0. The summed E-state index contributed by atoms with van der Waals surface area (Å²) in [5, 5.41) is 3.37. The summed E-state index contributed by atoms with van der Waals surface area (Å²) in [7, 11) is 0. The molecule has 0 spiro atoms. The van der Waals surface area contributed by atoms with Gasteiger partial charge in [-0.1, -0.05) is 20.8 Å². The van der Waals surface area contributed by atoms with Crippen molar-refractivity contribution in [2.75, 3.05) is 18.5 Å². The Morgan fingerprint density at radius 1 is 0.818 bits per heavy atom. The van der Waals surface area contributed by atoms with Gasteiger partial charge in [-0.05, 0) is 60.9 Å². The van der Waals surface area contributed by atoms with Gasteiger partial charge in [-0.3, -0.25) is 0 Å². The topological polar surface area (TPSA) is 30.5 Å². The largest absolute Gasteiger partial charge is 0.494 e. The first kappa shape index (κ1) is 16.2. The molecule has 0 radical (unpaired) electrons. The van der Waals surface area contributed by atoms with Gasteiger partial charge in [0.05, 0.1) is 13.2 Å². The van der Waals surface area contributed by atoms with E-state index in [-0.39, 0.29) is 0 Å². The maximum Gasteiger partial charge on any atom is 0.119 e. The lowest BCUT2D eigenvalue weighted by atomic mass is 10.2. The van der Waals surface area contributed by atoms with E-state index in [2.05, 4.69) is 26.1 Å². The highest BCUT2D eigenvalue weighted by Gasteiger charge is 1.99. The Morgan fingerprint density at radius 2 is 1.32 bits per heavy atom. The third-order valence-electron chi connectivity index (χ3n) is 3.05. The van der Waals surface area contributed by atoms with Crippen LogP contribution in [-0.4, -0.2) is 13.2 Å². The maximum absolute atomic E-state index is 5.68. The average Bonchev–Trinajstić information content (AvgIpc) is 2.53. The molecule has 118 valence electrons. The molecule has 2 aromatic rings. The van der Waals surface area contributed by atoms with E-state index in [1.807, 2.05) is 48.5 Å². The molecule has 0 amide bonds. The van der Waals surface area contributed by atoms with Crippen LogP contribution < -0.4 is 14.8 Å². The molecule has 0 saturated heterocycles. The molecule has 0 heterocycles. The molecule has 0 aromatic heterocycles. The normalized spacial score (nSPS) is 10.5. The molecular weight excluding hydrogens is 274 g/mol. The van der Waals surface area contributed by atoms with Crippen molar-refractivity contribution >= 4 is 11.4 Å². The fraction of sp³-hybridized carbons (Fsp3) is 0.368. The standard InChI is InChI=1S/C19H25NO2/c1-4-13-21-18-9-5-16(6-10-18)20-17-7-11-19(12-8-17)22-14-15(2)3/h5-12,15,20H,4,13-14H2,1-3H3. The Balaban J connectivity index is 1.90. The van der Waals surface area contributed by atoms with Crippen molar-refractivity contribution in [1.29, 1.82) is 0 Å². The van der Waals surface area contributed by atoms with Gasteiger partial charge in [0.1, 0.15) is 11.5 Å². The summed E-state index contributed by atoms with van der Waals surface area (Å²) in [5.41, 5.74) is 2.08. The highest BCUT2D eigenvalue weighted by molar-refractivity contribution is 5.60. The van der Waals surface area contributed by atoms with Crippen molar-refractivity contribution in [3.63, 3.8) is 0 Å². The molecule has 0 saturated carbocycles. The van der Waals surface area contributed by atoms with Crippen LogP contribution in [0.4, 0.5) is 11.4 Å². The molecule has 0 bridgehead atoms. The molecule has 2 rings (SSSR count). The lowest BCUT2D eigenvalue weighted by Gasteiger charge is -2.11. The first-order valence-electron chi connectivity index (χ1n) is 7.90. The summed E-state index contributed by atoms with van der Waals surface area (Å²) in [5.74, 6) is 2.35. The smallest absolute Gasteiger partial charge is 0.119 e. The van der Waals surface area contributed by atoms with Gasteiger partial charge in [-0.2, -0.15) is 0 Å². The van der Waals surface area contributed by atoms with Crippen molar-refractivity contribution in [1.82, 2.24) is 0 Å². The number of nitrogens with one attached hydrogen (secondary N) is 1. The second-order valence-electron chi connectivity index (χ2n) is 5.73. The summed E-state index contributed by atoms with van der Waals surface area (Å²) in [6, 6.07) is 16.0. The number of benzene rings is 2. The van der Waals surface area contributed by atoms with Gasteiger partial charge in [0.15, 0.2) is 0 Å². The molecular formula is C19H25NO2. The molecule has 22 heavy (non-hydrogen) atoms. The summed E-state index contributed by atoms with van der Waals surface area (Å²) < 4.78 is 11.3. The number of anilines is 2. The van der Waals surface area contributed by atoms with Crippen LogP contribution in [0.2, 0.25) is 0 Å². The van der Waals surface area contributed by atoms with Crippen LogP contribution in [0.3, 0.4) is 0 Å². The van der Waals surface area contributed by atoms with Gasteiger partial charge in [0.2, 0.25) is 0 Å². The molecule has 2 aromatic carbocycles. The Morgan fingerprint density at radius 3 is 1.77 bits per heavy atom. The van der Waals surface area contributed by atoms with Crippen molar-refractivity contribution in [3.05, 3.63) is 48.5 Å². The molecule has 1 N–H and O–H groups in total. The Kier molecular flexibility index (Phi) is 6.13. The van der Waals surface area contributed by atoms with E-state index < -0.39 is 0 Å². The van der Waals surface area contributed by atoms with E-state index in [9.17, 15) is 0 Å². The molecule has 0 aliphatic heterocycles. The third-order valence-corrected chi connectivity index (χ3v) is 3.05. The van der Waals surface area contributed by atoms with Gasteiger partial charge in [0, 0.05) is 11.4 Å². The average molecular weight is 299 g/mol. The van der Waals surface area contributed by atoms with Crippen LogP contribution in [0, 0.1) is 5.92 Å². The Bertz CT molecular complexity index is 547. The summed E-state index contributed by atoms with van der Waals surface area (Å²) >= 11 is 0. The summed E-state index contributed by atoms with van der Waals surface area (Å²) in [6.45, 7) is 7.88. The van der Waals surface area contributed by atoms with Crippen LogP contribution in [0.15, 0.2) is 48.5 Å². The van der Waals surface area contributed by atoms with Crippen LogP contribution in [0.25, 0.3) is 0 Å². The van der Waals surface area contributed by atoms with E-state index in [1.165, 1.54) is 0 Å². The van der Waals surface area contributed by atoms with Gasteiger partial charge >= 0.3 is 0 Å². The molecule has 0 unspecified atom stereocenters.